The first-order valence-electron chi connectivity index (χ1n) is 9.00. The van der Waals surface area contributed by atoms with Gasteiger partial charge in [-0.25, -0.2) is 0 Å². The number of aromatic nitrogens is 1. The summed E-state index contributed by atoms with van der Waals surface area (Å²) < 4.78 is 15.7. The molecule has 8 heteroatoms. The monoisotopic (exact) mass is 375 g/mol. The number of aliphatic hydroxyl groups is 1. The Morgan fingerprint density at radius 1 is 1.33 bits per heavy atom. The minimum Gasteiger partial charge on any atom is -0.497 e. The number of nitrogens with zero attached hydrogens (tertiary/aromatic N) is 2. The van der Waals surface area contributed by atoms with Gasteiger partial charge >= 0.3 is 0 Å². The molecule has 1 aliphatic heterocycles. The van der Waals surface area contributed by atoms with Gasteiger partial charge in [-0.2, -0.15) is 0 Å². The van der Waals surface area contributed by atoms with Gasteiger partial charge in [0.1, 0.15) is 23.1 Å². The molecule has 8 nitrogen and oxygen atoms in total. The number of hydrogen-bond acceptors (Lipinski definition) is 7. The largest absolute Gasteiger partial charge is 0.497 e. The van der Waals surface area contributed by atoms with Crippen molar-refractivity contribution in [2.24, 2.45) is 0 Å². The van der Waals surface area contributed by atoms with Crippen LogP contribution < -0.4 is 10.1 Å². The molecule has 2 heterocycles. The molecule has 2 aromatic rings. The topological polar surface area (TPSA) is 97.1 Å². The van der Waals surface area contributed by atoms with E-state index < -0.39 is 6.10 Å². The Morgan fingerprint density at radius 2 is 2.04 bits per heavy atom. The van der Waals surface area contributed by atoms with Gasteiger partial charge in [-0.1, -0.05) is 5.16 Å². The zero-order valence-electron chi connectivity index (χ0n) is 15.6. The molecule has 0 bridgehead atoms. The Labute approximate surface area is 158 Å². The second-order valence-electron chi connectivity index (χ2n) is 6.38. The van der Waals surface area contributed by atoms with Crippen molar-refractivity contribution in [2.75, 3.05) is 46.5 Å². The Kier molecular flexibility index (Phi) is 6.44. The molecule has 1 fully saturated rings. The van der Waals surface area contributed by atoms with Crippen LogP contribution in [-0.2, 0) is 4.74 Å². The molecule has 27 heavy (non-hydrogen) atoms. The number of morpholine rings is 1. The van der Waals surface area contributed by atoms with Crippen molar-refractivity contribution in [3.8, 4) is 17.0 Å². The van der Waals surface area contributed by atoms with E-state index in [9.17, 15) is 9.90 Å². The highest BCUT2D eigenvalue weighted by Crippen LogP contribution is 2.30. The molecule has 0 radical (unpaired) electrons. The maximum absolute atomic E-state index is 12.8. The first-order chi connectivity index (χ1) is 13.1. The van der Waals surface area contributed by atoms with Gasteiger partial charge in [-0.3, -0.25) is 9.69 Å². The third-order valence-electron chi connectivity index (χ3n) is 4.51. The summed E-state index contributed by atoms with van der Waals surface area (Å²) in [6.07, 6.45) is -0.940. The van der Waals surface area contributed by atoms with Gasteiger partial charge < -0.3 is 24.4 Å². The number of carbonyl (C=O) groups is 1. The number of rotatable bonds is 7. The minimum atomic E-state index is -0.940. The SMILES string of the molecule is COc1ccc(-c2noc(C(C)O)c2C(=O)NCCN2CCOCC2)cc1. The van der Waals surface area contributed by atoms with E-state index in [1.807, 2.05) is 0 Å². The maximum atomic E-state index is 12.8. The van der Waals surface area contributed by atoms with Crippen molar-refractivity contribution < 1.29 is 23.9 Å². The fraction of sp³-hybridized carbons (Fsp3) is 0.474. The summed E-state index contributed by atoms with van der Waals surface area (Å²) in [6, 6.07) is 7.17. The van der Waals surface area contributed by atoms with Crippen LogP contribution in [0.5, 0.6) is 5.75 Å². The molecule has 1 aliphatic rings. The standard InChI is InChI=1S/C19H25N3O5/c1-13(23)18-16(19(24)20-7-8-22-9-11-26-12-10-22)17(21-27-18)14-3-5-15(25-2)6-4-14/h3-6,13,23H,7-12H2,1-2H3,(H,20,24). The van der Waals surface area contributed by atoms with E-state index in [4.69, 9.17) is 14.0 Å². The number of benzene rings is 1. The van der Waals surface area contributed by atoms with E-state index in [1.54, 1.807) is 38.3 Å². The van der Waals surface area contributed by atoms with E-state index in [-0.39, 0.29) is 17.2 Å². The van der Waals surface area contributed by atoms with Gasteiger partial charge in [0.2, 0.25) is 0 Å². The summed E-state index contributed by atoms with van der Waals surface area (Å²) in [5, 5.41) is 16.9. The van der Waals surface area contributed by atoms with E-state index in [2.05, 4.69) is 15.4 Å². The number of nitrogens with one attached hydrogen (secondary N) is 1. The van der Waals surface area contributed by atoms with Gasteiger partial charge in [0, 0.05) is 31.7 Å². The maximum Gasteiger partial charge on any atom is 0.257 e. The quantitative estimate of drug-likeness (QED) is 0.756. The van der Waals surface area contributed by atoms with Gasteiger partial charge in [-0.15, -0.1) is 0 Å². The van der Waals surface area contributed by atoms with Crippen LogP contribution in [-0.4, -0.2) is 67.6 Å². The van der Waals surface area contributed by atoms with Crippen LogP contribution in [0.2, 0.25) is 0 Å². The van der Waals surface area contributed by atoms with Crippen molar-refractivity contribution in [1.82, 2.24) is 15.4 Å². The van der Waals surface area contributed by atoms with Gasteiger partial charge in [0.25, 0.3) is 5.91 Å². The molecule has 2 N–H and O–H groups in total. The highest BCUT2D eigenvalue weighted by molar-refractivity contribution is 6.01. The molecule has 3 rings (SSSR count). The van der Waals surface area contributed by atoms with Gasteiger partial charge in [-0.05, 0) is 31.2 Å². The van der Waals surface area contributed by atoms with E-state index >= 15 is 0 Å². The highest BCUT2D eigenvalue weighted by atomic mass is 16.5. The lowest BCUT2D eigenvalue weighted by Gasteiger charge is -2.26. The summed E-state index contributed by atoms with van der Waals surface area (Å²) >= 11 is 0. The Morgan fingerprint density at radius 3 is 2.67 bits per heavy atom. The summed E-state index contributed by atoms with van der Waals surface area (Å²) in [5.74, 6) is 0.547. The molecule has 1 atom stereocenters. The van der Waals surface area contributed by atoms with Crippen LogP contribution >= 0.6 is 0 Å². The third-order valence-corrected chi connectivity index (χ3v) is 4.51. The normalized spacial score (nSPS) is 16.1. The number of amides is 1. The first kappa shape index (κ1) is 19.3. The summed E-state index contributed by atoms with van der Waals surface area (Å²) in [4.78, 5) is 15.0. The second-order valence-corrected chi connectivity index (χ2v) is 6.38. The summed E-state index contributed by atoms with van der Waals surface area (Å²) in [6.45, 7) is 5.93. The molecule has 0 saturated carbocycles. The fourth-order valence-electron chi connectivity index (χ4n) is 2.99. The number of ether oxygens (including phenoxy) is 2. The highest BCUT2D eigenvalue weighted by Gasteiger charge is 2.26. The molecule has 146 valence electrons. The average Bonchev–Trinajstić information content (AvgIpc) is 3.14. The number of carbonyl (C=O) groups excluding carboxylic acids is 1. The molecule has 1 unspecified atom stereocenters. The van der Waals surface area contributed by atoms with E-state index in [0.717, 1.165) is 19.6 Å². The van der Waals surface area contributed by atoms with Crippen molar-refractivity contribution in [3.63, 3.8) is 0 Å². The Balaban J connectivity index is 1.75. The van der Waals surface area contributed by atoms with Crippen LogP contribution in [0.15, 0.2) is 28.8 Å². The molecule has 1 amide bonds. The average molecular weight is 375 g/mol. The zero-order chi connectivity index (χ0) is 19.2. The van der Waals surface area contributed by atoms with Crippen molar-refractivity contribution in [3.05, 3.63) is 35.6 Å². The smallest absolute Gasteiger partial charge is 0.257 e. The van der Waals surface area contributed by atoms with E-state index in [0.29, 0.717) is 36.8 Å². The number of aliphatic hydroxyl groups excluding tert-OH is 1. The van der Waals surface area contributed by atoms with Crippen LogP contribution in [0.25, 0.3) is 11.3 Å². The van der Waals surface area contributed by atoms with Crippen molar-refractivity contribution >= 4 is 5.91 Å². The minimum absolute atomic E-state index is 0.157. The lowest BCUT2D eigenvalue weighted by molar-refractivity contribution is 0.0383. The molecule has 0 aliphatic carbocycles. The number of hydrogen-bond donors (Lipinski definition) is 2. The molecule has 1 aromatic carbocycles. The fourth-order valence-corrected chi connectivity index (χ4v) is 2.99. The third kappa shape index (κ3) is 4.65. The Hall–Kier alpha value is -2.42. The van der Waals surface area contributed by atoms with E-state index in [1.165, 1.54) is 0 Å². The lowest BCUT2D eigenvalue weighted by atomic mass is 10.0. The number of methoxy groups -OCH3 is 1. The van der Waals surface area contributed by atoms with Crippen molar-refractivity contribution in [1.29, 1.82) is 0 Å². The van der Waals surface area contributed by atoms with Gasteiger partial charge in [0.05, 0.1) is 20.3 Å². The predicted molar refractivity (Wildman–Crippen MR) is 98.7 cm³/mol. The first-order valence-corrected chi connectivity index (χ1v) is 9.00. The molecule has 1 saturated heterocycles. The van der Waals surface area contributed by atoms with Crippen LogP contribution in [0.1, 0.15) is 29.1 Å². The lowest BCUT2D eigenvalue weighted by Crippen LogP contribution is -2.41. The second kappa shape index (κ2) is 8.98. The predicted octanol–water partition coefficient (Wildman–Crippen LogP) is 1.47. The van der Waals surface area contributed by atoms with Gasteiger partial charge in [0.15, 0.2) is 5.76 Å². The molecule has 0 spiro atoms. The zero-order valence-corrected chi connectivity index (χ0v) is 15.6. The van der Waals surface area contributed by atoms with Crippen LogP contribution in [0, 0.1) is 0 Å². The molecule has 1 aromatic heterocycles. The van der Waals surface area contributed by atoms with Crippen LogP contribution in [0.3, 0.4) is 0 Å². The van der Waals surface area contributed by atoms with Crippen LogP contribution in [0.4, 0.5) is 0 Å². The Bertz CT molecular complexity index is 751. The van der Waals surface area contributed by atoms with Crippen molar-refractivity contribution in [2.45, 2.75) is 13.0 Å². The molecular formula is C19H25N3O5. The summed E-state index contributed by atoms with van der Waals surface area (Å²) in [7, 11) is 1.59. The molecular weight excluding hydrogens is 350 g/mol. The summed E-state index contributed by atoms with van der Waals surface area (Å²) in [5.41, 5.74) is 1.37.